The van der Waals surface area contributed by atoms with Gasteiger partial charge in [0, 0.05) is 11.0 Å². The van der Waals surface area contributed by atoms with Gasteiger partial charge in [0.15, 0.2) is 0 Å². The van der Waals surface area contributed by atoms with Gasteiger partial charge < -0.3 is 5.73 Å². The molecule has 15 heavy (non-hydrogen) atoms. The molecule has 0 heterocycles. The van der Waals surface area contributed by atoms with E-state index >= 15 is 0 Å². The Morgan fingerprint density at radius 3 is 2.40 bits per heavy atom. The van der Waals surface area contributed by atoms with E-state index in [0.29, 0.717) is 0 Å². The molecule has 5 heteroatoms. The summed E-state index contributed by atoms with van der Waals surface area (Å²) in [7, 11) is 0. The zero-order valence-corrected chi connectivity index (χ0v) is 9.69. The third-order valence-electron chi connectivity index (χ3n) is 2.22. The van der Waals surface area contributed by atoms with Gasteiger partial charge in [-0.05, 0) is 24.1 Å². The molecular formula is C10H11BrF3N. The number of halogens is 4. The van der Waals surface area contributed by atoms with Crippen molar-refractivity contribution in [2.75, 3.05) is 6.54 Å². The second-order valence-electron chi connectivity index (χ2n) is 3.34. The molecule has 1 aromatic rings. The van der Waals surface area contributed by atoms with Crippen LogP contribution >= 0.6 is 15.9 Å². The van der Waals surface area contributed by atoms with Gasteiger partial charge in [-0.2, -0.15) is 13.2 Å². The van der Waals surface area contributed by atoms with Crippen molar-refractivity contribution in [3.63, 3.8) is 0 Å². The minimum Gasteiger partial charge on any atom is -0.330 e. The van der Waals surface area contributed by atoms with E-state index in [1.807, 2.05) is 0 Å². The number of hydrogen-bond acceptors (Lipinski definition) is 1. The fourth-order valence-corrected chi connectivity index (χ4v) is 1.59. The van der Waals surface area contributed by atoms with E-state index < -0.39 is 18.6 Å². The summed E-state index contributed by atoms with van der Waals surface area (Å²) in [6.07, 6.45) is -4.28. The molecule has 0 aliphatic carbocycles. The van der Waals surface area contributed by atoms with Crippen molar-refractivity contribution in [1.29, 1.82) is 0 Å². The summed E-state index contributed by atoms with van der Waals surface area (Å²) < 4.78 is 38.4. The fourth-order valence-electron chi connectivity index (χ4n) is 1.34. The van der Waals surface area contributed by atoms with Crippen molar-refractivity contribution in [3.05, 3.63) is 33.8 Å². The third kappa shape index (κ3) is 2.95. The molecule has 0 radical (unpaired) electrons. The summed E-state index contributed by atoms with van der Waals surface area (Å²) in [5, 5.41) is 0. The molecule has 0 fully saturated rings. The lowest BCUT2D eigenvalue weighted by Crippen LogP contribution is -2.28. The number of nitrogens with two attached hydrogens (primary N) is 1. The minimum absolute atomic E-state index is 0.214. The fraction of sp³-hybridized carbons (Fsp3) is 0.400. The highest BCUT2D eigenvalue weighted by Crippen LogP contribution is 2.35. The summed E-state index contributed by atoms with van der Waals surface area (Å²) in [5.74, 6) is -1.58. The molecule has 0 aliphatic heterocycles. The Bertz CT molecular complexity index is 349. The maximum absolute atomic E-state index is 12.5. The predicted octanol–water partition coefficient (Wildman–Crippen LogP) is 3.36. The molecule has 1 atom stereocenters. The van der Waals surface area contributed by atoms with Crippen molar-refractivity contribution in [3.8, 4) is 0 Å². The highest BCUT2D eigenvalue weighted by atomic mass is 79.9. The molecule has 1 nitrogen and oxygen atoms in total. The zero-order chi connectivity index (χ0) is 11.6. The maximum atomic E-state index is 12.5. The summed E-state index contributed by atoms with van der Waals surface area (Å²) in [6, 6.07) is 4.57. The summed E-state index contributed by atoms with van der Waals surface area (Å²) in [4.78, 5) is 0. The monoisotopic (exact) mass is 281 g/mol. The normalized spacial score (nSPS) is 14.0. The van der Waals surface area contributed by atoms with Crippen LogP contribution in [-0.4, -0.2) is 12.7 Å². The second kappa shape index (κ2) is 4.53. The zero-order valence-electron chi connectivity index (χ0n) is 8.11. The number of alkyl halides is 3. The van der Waals surface area contributed by atoms with Crippen LogP contribution in [0.15, 0.2) is 22.7 Å². The second-order valence-corrected chi connectivity index (χ2v) is 4.19. The van der Waals surface area contributed by atoms with E-state index in [9.17, 15) is 13.2 Å². The van der Waals surface area contributed by atoms with E-state index in [0.717, 1.165) is 10.0 Å². The van der Waals surface area contributed by atoms with Crippen LogP contribution < -0.4 is 5.73 Å². The Labute approximate surface area is 94.6 Å². The Morgan fingerprint density at radius 1 is 1.40 bits per heavy atom. The first-order valence-corrected chi connectivity index (χ1v) is 5.18. The Kier molecular flexibility index (Phi) is 3.78. The van der Waals surface area contributed by atoms with Gasteiger partial charge in [-0.3, -0.25) is 0 Å². The van der Waals surface area contributed by atoms with Gasteiger partial charge in [-0.25, -0.2) is 0 Å². The SMILES string of the molecule is Cc1cc(C(CN)C(F)(F)F)ccc1Br. The quantitative estimate of drug-likeness (QED) is 0.884. The smallest absolute Gasteiger partial charge is 0.330 e. The van der Waals surface area contributed by atoms with E-state index in [1.54, 1.807) is 13.0 Å². The van der Waals surface area contributed by atoms with Crippen LogP contribution in [0.4, 0.5) is 13.2 Å². The predicted molar refractivity (Wildman–Crippen MR) is 56.7 cm³/mol. The van der Waals surface area contributed by atoms with Crippen LogP contribution in [0.3, 0.4) is 0 Å². The van der Waals surface area contributed by atoms with E-state index in [2.05, 4.69) is 15.9 Å². The van der Waals surface area contributed by atoms with Crippen LogP contribution in [0.2, 0.25) is 0 Å². The largest absolute Gasteiger partial charge is 0.396 e. The average Bonchev–Trinajstić information content (AvgIpc) is 2.10. The summed E-state index contributed by atoms with van der Waals surface area (Å²) in [5.41, 5.74) is 6.13. The molecule has 0 saturated carbocycles. The highest BCUT2D eigenvalue weighted by molar-refractivity contribution is 9.10. The first-order valence-electron chi connectivity index (χ1n) is 4.39. The molecule has 84 valence electrons. The Balaban J connectivity index is 3.08. The molecule has 2 N–H and O–H groups in total. The third-order valence-corrected chi connectivity index (χ3v) is 3.10. The topological polar surface area (TPSA) is 26.0 Å². The van der Waals surface area contributed by atoms with E-state index in [4.69, 9.17) is 5.73 Å². The molecule has 0 amide bonds. The standard InChI is InChI=1S/C10H11BrF3N/c1-6-4-7(2-3-9(6)11)8(5-15)10(12,13)14/h2-4,8H,5,15H2,1H3. The molecule has 1 aromatic carbocycles. The molecule has 0 bridgehead atoms. The van der Waals surface area contributed by atoms with Crippen LogP contribution in [0, 0.1) is 6.92 Å². The first-order chi connectivity index (χ1) is 6.86. The minimum atomic E-state index is -4.28. The Hall–Kier alpha value is -0.550. The lowest BCUT2D eigenvalue weighted by molar-refractivity contribution is -0.148. The van der Waals surface area contributed by atoms with Gasteiger partial charge in [0.2, 0.25) is 0 Å². The molecule has 0 aromatic heterocycles. The van der Waals surface area contributed by atoms with Crippen molar-refractivity contribution in [2.24, 2.45) is 5.73 Å². The van der Waals surface area contributed by atoms with Crippen LogP contribution in [-0.2, 0) is 0 Å². The number of rotatable bonds is 2. The van der Waals surface area contributed by atoms with E-state index in [1.165, 1.54) is 12.1 Å². The first kappa shape index (κ1) is 12.5. The number of aryl methyl sites for hydroxylation is 1. The Morgan fingerprint density at radius 2 is 2.00 bits per heavy atom. The van der Waals surface area contributed by atoms with Crippen molar-refractivity contribution >= 4 is 15.9 Å². The summed E-state index contributed by atoms with van der Waals surface area (Å²) >= 11 is 3.24. The number of benzene rings is 1. The van der Waals surface area contributed by atoms with Crippen LogP contribution in [0.1, 0.15) is 17.0 Å². The van der Waals surface area contributed by atoms with Crippen molar-refractivity contribution < 1.29 is 13.2 Å². The van der Waals surface area contributed by atoms with Gasteiger partial charge in [0.1, 0.15) is 0 Å². The van der Waals surface area contributed by atoms with Gasteiger partial charge in [0.05, 0.1) is 5.92 Å². The maximum Gasteiger partial charge on any atom is 0.396 e. The van der Waals surface area contributed by atoms with Gasteiger partial charge in [-0.15, -0.1) is 0 Å². The molecule has 0 aliphatic rings. The lowest BCUT2D eigenvalue weighted by atomic mass is 9.97. The van der Waals surface area contributed by atoms with Crippen LogP contribution in [0.25, 0.3) is 0 Å². The molecule has 0 spiro atoms. The number of hydrogen-bond donors (Lipinski definition) is 1. The molecule has 0 saturated heterocycles. The van der Waals surface area contributed by atoms with Gasteiger partial charge >= 0.3 is 6.18 Å². The van der Waals surface area contributed by atoms with Gasteiger partial charge in [-0.1, -0.05) is 28.1 Å². The van der Waals surface area contributed by atoms with Crippen LogP contribution in [0.5, 0.6) is 0 Å². The average molecular weight is 282 g/mol. The van der Waals surface area contributed by atoms with Crippen molar-refractivity contribution in [2.45, 2.75) is 19.0 Å². The molecule has 1 rings (SSSR count). The molecular weight excluding hydrogens is 271 g/mol. The van der Waals surface area contributed by atoms with Gasteiger partial charge in [0.25, 0.3) is 0 Å². The highest BCUT2D eigenvalue weighted by Gasteiger charge is 2.39. The lowest BCUT2D eigenvalue weighted by Gasteiger charge is -2.19. The molecule has 1 unspecified atom stereocenters. The van der Waals surface area contributed by atoms with E-state index in [-0.39, 0.29) is 5.56 Å². The van der Waals surface area contributed by atoms with Crippen molar-refractivity contribution in [1.82, 2.24) is 0 Å². The summed E-state index contributed by atoms with van der Waals surface area (Å²) in [6.45, 7) is 1.32.